The highest BCUT2D eigenvalue weighted by Gasteiger charge is 2.23. The first-order valence-electron chi connectivity index (χ1n) is 11.3. The zero-order valence-electron chi connectivity index (χ0n) is 20.2. The van der Waals surface area contributed by atoms with Crippen molar-refractivity contribution in [2.45, 2.75) is 39.4 Å². The van der Waals surface area contributed by atoms with Gasteiger partial charge in [-0.15, -0.1) is 0 Å². The molecule has 0 aliphatic rings. The van der Waals surface area contributed by atoms with Crippen LogP contribution in [-0.2, 0) is 4.74 Å². The van der Waals surface area contributed by atoms with Crippen molar-refractivity contribution in [1.29, 1.82) is 0 Å². The van der Waals surface area contributed by atoms with E-state index in [0.29, 0.717) is 12.3 Å². The SMILES string of the molecule is CC(CN(C)C(=O)OC(C)(C)C)Oc1cnccc1-c1[nH]c2cccnc2c1-c1ccccc1. The molecule has 0 saturated heterocycles. The monoisotopic (exact) mass is 458 g/mol. The first kappa shape index (κ1) is 23.3. The fourth-order valence-corrected chi connectivity index (χ4v) is 3.84. The van der Waals surface area contributed by atoms with Gasteiger partial charge in [-0.1, -0.05) is 30.3 Å². The summed E-state index contributed by atoms with van der Waals surface area (Å²) in [5.41, 5.74) is 5.13. The number of nitrogens with one attached hydrogen (secondary N) is 1. The van der Waals surface area contributed by atoms with Crippen LogP contribution in [0.4, 0.5) is 4.79 Å². The van der Waals surface area contributed by atoms with Gasteiger partial charge in [0.25, 0.3) is 0 Å². The standard InChI is InChI=1S/C27H30N4O3/c1-18(17-31(5)26(32)34-27(2,3)4)33-22-16-28-15-13-20(22)24-23(19-10-7-6-8-11-19)25-21(30-24)12-9-14-29-25/h6-16,18,30H,17H2,1-5H3. The summed E-state index contributed by atoms with van der Waals surface area (Å²) >= 11 is 0. The summed E-state index contributed by atoms with van der Waals surface area (Å²) < 4.78 is 11.7. The van der Waals surface area contributed by atoms with Gasteiger partial charge in [-0.05, 0) is 51.5 Å². The molecule has 3 aromatic heterocycles. The van der Waals surface area contributed by atoms with Crippen molar-refractivity contribution in [1.82, 2.24) is 19.9 Å². The summed E-state index contributed by atoms with van der Waals surface area (Å²) in [7, 11) is 1.70. The molecule has 176 valence electrons. The number of rotatable bonds is 6. The second-order valence-electron chi connectivity index (χ2n) is 9.30. The number of pyridine rings is 2. The highest BCUT2D eigenvalue weighted by atomic mass is 16.6. The van der Waals surface area contributed by atoms with Gasteiger partial charge in [0.15, 0.2) is 0 Å². The summed E-state index contributed by atoms with van der Waals surface area (Å²) in [4.78, 5) is 26.3. The maximum atomic E-state index is 12.4. The van der Waals surface area contributed by atoms with Crippen molar-refractivity contribution in [2.24, 2.45) is 0 Å². The smallest absolute Gasteiger partial charge is 0.410 e. The van der Waals surface area contributed by atoms with E-state index in [9.17, 15) is 4.79 Å². The molecule has 0 bridgehead atoms. The lowest BCUT2D eigenvalue weighted by Gasteiger charge is -2.27. The van der Waals surface area contributed by atoms with Gasteiger partial charge < -0.3 is 19.4 Å². The third kappa shape index (κ3) is 5.20. The number of aromatic amines is 1. The zero-order chi connectivity index (χ0) is 24.3. The minimum Gasteiger partial charge on any atom is -0.487 e. The van der Waals surface area contributed by atoms with Crippen molar-refractivity contribution >= 4 is 17.1 Å². The van der Waals surface area contributed by atoms with Crippen LogP contribution in [0, 0.1) is 0 Å². The normalized spacial score (nSPS) is 12.4. The number of ether oxygens (including phenoxy) is 2. The van der Waals surface area contributed by atoms with Crippen LogP contribution < -0.4 is 4.74 Å². The van der Waals surface area contributed by atoms with Crippen LogP contribution >= 0.6 is 0 Å². The summed E-state index contributed by atoms with van der Waals surface area (Å²) in [6, 6.07) is 16.0. The number of benzene rings is 1. The number of likely N-dealkylation sites (N-methyl/N-ethyl adjacent to an activating group) is 1. The van der Waals surface area contributed by atoms with E-state index >= 15 is 0 Å². The van der Waals surface area contributed by atoms with E-state index in [-0.39, 0.29) is 12.2 Å². The first-order valence-corrected chi connectivity index (χ1v) is 11.3. The topological polar surface area (TPSA) is 80.3 Å². The Morgan fingerprint density at radius 2 is 1.85 bits per heavy atom. The van der Waals surface area contributed by atoms with Crippen molar-refractivity contribution in [3.63, 3.8) is 0 Å². The lowest BCUT2D eigenvalue weighted by atomic mass is 10.0. The molecule has 1 N–H and O–H groups in total. The fraction of sp³-hybridized carbons (Fsp3) is 0.296. The molecule has 34 heavy (non-hydrogen) atoms. The Labute approximate surface area is 199 Å². The van der Waals surface area contributed by atoms with E-state index in [0.717, 1.165) is 33.4 Å². The van der Waals surface area contributed by atoms with E-state index in [2.05, 4.69) is 27.1 Å². The van der Waals surface area contributed by atoms with Gasteiger partial charge >= 0.3 is 6.09 Å². The molecule has 1 amide bonds. The van der Waals surface area contributed by atoms with E-state index < -0.39 is 5.60 Å². The Balaban J connectivity index is 1.66. The average Bonchev–Trinajstić information content (AvgIpc) is 3.18. The quantitative estimate of drug-likeness (QED) is 0.388. The van der Waals surface area contributed by atoms with E-state index in [1.807, 2.05) is 64.1 Å². The molecule has 7 nitrogen and oxygen atoms in total. The van der Waals surface area contributed by atoms with Crippen molar-refractivity contribution in [2.75, 3.05) is 13.6 Å². The van der Waals surface area contributed by atoms with Crippen LogP contribution in [-0.4, -0.2) is 51.2 Å². The molecular weight excluding hydrogens is 428 g/mol. The molecule has 0 aliphatic carbocycles. The van der Waals surface area contributed by atoms with Crippen molar-refractivity contribution < 1.29 is 14.3 Å². The van der Waals surface area contributed by atoms with Gasteiger partial charge in [0.05, 0.1) is 29.5 Å². The molecule has 7 heteroatoms. The van der Waals surface area contributed by atoms with Crippen LogP contribution in [0.1, 0.15) is 27.7 Å². The van der Waals surface area contributed by atoms with Crippen LogP contribution in [0.5, 0.6) is 5.75 Å². The lowest BCUT2D eigenvalue weighted by molar-refractivity contribution is 0.0238. The van der Waals surface area contributed by atoms with Crippen LogP contribution in [0.2, 0.25) is 0 Å². The van der Waals surface area contributed by atoms with Gasteiger partial charge in [-0.25, -0.2) is 4.79 Å². The second-order valence-corrected chi connectivity index (χ2v) is 9.30. The third-order valence-corrected chi connectivity index (χ3v) is 5.23. The number of H-pyrrole nitrogens is 1. The van der Waals surface area contributed by atoms with Gasteiger partial charge in [0.1, 0.15) is 17.5 Å². The number of carbonyl (C=O) groups is 1. The molecule has 4 aromatic rings. The first-order chi connectivity index (χ1) is 16.2. The predicted molar refractivity (Wildman–Crippen MR) is 134 cm³/mol. The summed E-state index contributed by atoms with van der Waals surface area (Å²) in [6.45, 7) is 7.83. The fourth-order valence-electron chi connectivity index (χ4n) is 3.84. The number of aromatic nitrogens is 3. The van der Waals surface area contributed by atoms with Gasteiger partial charge in [0, 0.05) is 30.6 Å². The highest BCUT2D eigenvalue weighted by Crippen LogP contribution is 2.40. The maximum absolute atomic E-state index is 12.4. The van der Waals surface area contributed by atoms with E-state index in [1.165, 1.54) is 4.90 Å². The highest BCUT2D eigenvalue weighted by molar-refractivity contribution is 6.02. The molecule has 0 spiro atoms. The molecule has 0 fully saturated rings. The molecule has 0 aliphatic heterocycles. The Kier molecular flexibility index (Phi) is 6.54. The van der Waals surface area contributed by atoms with Crippen molar-refractivity contribution in [3.05, 3.63) is 67.1 Å². The summed E-state index contributed by atoms with van der Waals surface area (Å²) in [5, 5.41) is 0. The largest absolute Gasteiger partial charge is 0.487 e. The maximum Gasteiger partial charge on any atom is 0.410 e. The van der Waals surface area contributed by atoms with E-state index in [4.69, 9.17) is 9.47 Å². The molecule has 0 radical (unpaired) electrons. The Morgan fingerprint density at radius 3 is 2.59 bits per heavy atom. The number of amides is 1. The van der Waals surface area contributed by atoms with Crippen LogP contribution in [0.15, 0.2) is 67.1 Å². The van der Waals surface area contributed by atoms with Crippen molar-refractivity contribution in [3.8, 4) is 28.1 Å². The molecule has 1 atom stereocenters. The van der Waals surface area contributed by atoms with Crippen LogP contribution in [0.25, 0.3) is 33.4 Å². The number of carbonyl (C=O) groups excluding carboxylic acids is 1. The van der Waals surface area contributed by atoms with Crippen LogP contribution in [0.3, 0.4) is 0 Å². The van der Waals surface area contributed by atoms with Gasteiger partial charge in [-0.3, -0.25) is 9.97 Å². The average molecular weight is 459 g/mol. The Bertz CT molecular complexity index is 1280. The molecule has 1 unspecified atom stereocenters. The molecule has 0 saturated carbocycles. The minimum absolute atomic E-state index is 0.289. The number of nitrogens with zero attached hydrogens (tertiary/aromatic N) is 3. The minimum atomic E-state index is -0.552. The molecular formula is C27H30N4O3. The number of hydrogen-bond donors (Lipinski definition) is 1. The Hall–Kier alpha value is -3.87. The van der Waals surface area contributed by atoms with Gasteiger partial charge in [-0.2, -0.15) is 0 Å². The Morgan fingerprint density at radius 1 is 1.09 bits per heavy atom. The van der Waals surface area contributed by atoms with Gasteiger partial charge in [0.2, 0.25) is 0 Å². The second kappa shape index (κ2) is 9.55. The van der Waals surface area contributed by atoms with E-state index in [1.54, 1.807) is 25.6 Å². The molecule has 3 heterocycles. The molecule has 1 aromatic carbocycles. The third-order valence-electron chi connectivity index (χ3n) is 5.23. The summed E-state index contributed by atoms with van der Waals surface area (Å²) in [5.74, 6) is 0.622. The lowest BCUT2D eigenvalue weighted by Crippen LogP contribution is -2.39. The molecule has 4 rings (SSSR count). The predicted octanol–water partition coefficient (Wildman–Crippen LogP) is 5.93. The summed E-state index contributed by atoms with van der Waals surface area (Å²) in [6.07, 6.45) is 4.57. The number of fused-ring (bicyclic) bond motifs is 1. The zero-order valence-corrected chi connectivity index (χ0v) is 20.2. The number of hydrogen-bond acceptors (Lipinski definition) is 5.